The van der Waals surface area contributed by atoms with E-state index in [9.17, 15) is 8.42 Å². The second-order valence-electron chi connectivity index (χ2n) is 3.60. The van der Waals surface area contributed by atoms with Crippen LogP contribution in [0.25, 0.3) is 0 Å². The van der Waals surface area contributed by atoms with Gasteiger partial charge in [-0.15, -0.1) is 0 Å². The Labute approximate surface area is 113 Å². The Hall–Kier alpha value is -1.38. The smallest absolute Gasteiger partial charge is 0.242 e. The van der Waals surface area contributed by atoms with Gasteiger partial charge in [-0.2, -0.15) is 5.10 Å². The van der Waals surface area contributed by atoms with E-state index in [0.29, 0.717) is 15.9 Å². The van der Waals surface area contributed by atoms with Gasteiger partial charge in [0, 0.05) is 16.4 Å². The van der Waals surface area contributed by atoms with Gasteiger partial charge in [0.05, 0.1) is 17.1 Å². The first-order chi connectivity index (χ1) is 8.49. The van der Waals surface area contributed by atoms with Crippen LogP contribution >= 0.6 is 15.9 Å². The van der Waals surface area contributed by atoms with Crippen molar-refractivity contribution in [3.05, 3.63) is 40.6 Å². The number of halogens is 1. The SMILES string of the molecule is Nc1ccc(Br)c(S(=O)(=O)NCc2ccn[nH]2)c1. The molecule has 0 unspecified atom stereocenters. The lowest BCUT2D eigenvalue weighted by Gasteiger charge is -2.08. The Morgan fingerprint density at radius 2 is 2.17 bits per heavy atom. The maximum atomic E-state index is 12.1. The van der Waals surface area contributed by atoms with E-state index in [0.717, 1.165) is 0 Å². The van der Waals surface area contributed by atoms with E-state index >= 15 is 0 Å². The Kier molecular flexibility index (Phi) is 3.69. The number of rotatable bonds is 4. The molecule has 1 aromatic carbocycles. The molecule has 0 bridgehead atoms. The number of nitrogen functional groups attached to an aromatic ring is 1. The van der Waals surface area contributed by atoms with Crippen molar-refractivity contribution in [3.63, 3.8) is 0 Å². The van der Waals surface area contributed by atoms with Gasteiger partial charge in [-0.05, 0) is 40.2 Å². The molecular weight excluding hydrogens is 320 g/mol. The average molecular weight is 331 g/mol. The van der Waals surface area contributed by atoms with Crippen LogP contribution in [0, 0.1) is 0 Å². The maximum absolute atomic E-state index is 12.1. The summed E-state index contributed by atoms with van der Waals surface area (Å²) in [6.45, 7) is 0.142. The molecule has 0 aliphatic carbocycles. The third-order valence-electron chi connectivity index (χ3n) is 2.26. The van der Waals surface area contributed by atoms with Gasteiger partial charge in [0.2, 0.25) is 10.0 Å². The number of hydrogen-bond acceptors (Lipinski definition) is 4. The van der Waals surface area contributed by atoms with E-state index in [1.54, 1.807) is 24.4 Å². The van der Waals surface area contributed by atoms with Crippen molar-refractivity contribution in [1.29, 1.82) is 0 Å². The summed E-state index contributed by atoms with van der Waals surface area (Å²) in [5, 5.41) is 6.41. The van der Waals surface area contributed by atoms with E-state index in [-0.39, 0.29) is 11.4 Å². The standard InChI is InChI=1S/C10H11BrN4O2S/c11-9-2-1-7(12)5-10(9)18(16,17)14-6-8-3-4-13-15-8/h1-5,14H,6,12H2,(H,13,15). The van der Waals surface area contributed by atoms with Crippen molar-refractivity contribution < 1.29 is 8.42 Å². The summed E-state index contributed by atoms with van der Waals surface area (Å²) in [5.74, 6) is 0. The van der Waals surface area contributed by atoms with E-state index in [1.807, 2.05) is 0 Å². The van der Waals surface area contributed by atoms with Crippen molar-refractivity contribution in [3.8, 4) is 0 Å². The number of benzene rings is 1. The van der Waals surface area contributed by atoms with E-state index in [2.05, 4.69) is 30.8 Å². The molecule has 2 aromatic rings. The summed E-state index contributed by atoms with van der Waals surface area (Å²) in [4.78, 5) is 0.113. The molecule has 4 N–H and O–H groups in total. The van der Waals surface area contributed by atoms with Gasteiger partial charge in [0.25, 0.3) is 0 Å². The zero-order chi connectivity index (χ0) is 13.2. The predicted molar refractivity (Wildman–Crippen MR) is 71.2 cm³/mol. The lowest BCUT2D eigenvalue weighted by atomic mass is 10.3. The molecular formula is C10H11BrN4O2S. The second kappa shape index (κ2) is 5.09. The third-order valence-corrected chi connectivity index (χ3v) is 4.65. The molecule has 0 aliphatic heterocycles. The molecule has 6 nitrogen and oxygen atoms in total. The van der Waals surface area contributed by atoms with Crippen LogP contribution < -0.4 is 10.5 Å². The average Bonchev–Trinajstić information content (AvgIpc) is 2.83. The quantitative estimate of drug-likeness (QED) is 0.734. The van der Waals surface area contributed by atoms with Crippen molar-refractivity contribution in [1.82, 2.24) is 14.9 Å². The molecule has 1 aromatic heterocycles. The highest BCUT2D eigenvalue weighted by Crippen LogP contribution is 2.24. The minimum absolute atomic E-state index is 0.113. The molecule has 0 amide bonds. The van der Waals surface area contributed by atoms with Crippen molar-refractivity contribution in [2.45, 2.75) is 11.4 Å². The van der Waals surface area contributed by atoms with Crippen LogP contribution in [-0.2, 0) is 16.6 Å². The van der Waals surface area contributed by atoms with Crippen molar-refractivity contribution in [2.75, 3.05) is 5.73 Å². The lowest BCUT2D eigenvalue weighted by molar-refractivity contribution is 0.580. The first-order valence-electron chi connectivity index (χ1n) is 5.02. The molecule has 0 fully saturated rings. The van der Waals surface area contributed by atoms with Crippen molar-refractivity contribution in [2.24, 2.45) is 0 Å². The topological polar surface area (TPSA) is 101 Å². The number of nitrogens with one attached hydrogen (secondary N) is 2. The van der Waals surface area contributed by atoms with Crippen LogP contribution in [0.15, 0.2) is 39.8 Å². The number of hydrogen-bond donors (Lipinski definition) is 3. The van der Waals surface area contributed by atoms with Crippen LogP contribution in [0.1, 0.15) is 5.69 Å². The molecule has 8 heteroatoms. The minimum atomic E-state index is -3.61. The summed E-state index contributed by atoms with van der Waals surface area (Å²) < 4.78 is 27.1. The van der Waals surface area contributed by atoms with Crippen LogP contribution in [0.5, 0.6) is 0 Å². The summed E-state index contributed by atoms with van der Waals surface area (Å²) in [6.07, 6.45) is 1.56. The molecule has 1 heterocycles. The number of aromatic nitrogens is 2. The Morgan fingerprint density at radius 3 is 2.83 bits per heavy atom. The van der Waals surface area contributed by atoms with Gasteiger partial charge >= 0.3 is 0 Å². The van der Waals surface area contributed by atoms with Gasteiger partial charge in [-0.3, -0.25) is 5.10 Å². The maximum Gasteiger partial charge on any atom is 0.242 e. The minimum Gasteiger partial charge on any atom is -0.399 e. The molecule has 0 spiro atoms. The summed E-state index contributed by atoms with van der Waals surface area (Å²) in [7, 11) is -3.61. The summed E-state index contributed by atoms with van der Waals surface area (Å²) in [6, 6.07) is 6.31. The zero-order valence-corrected chi connectivity index (χ0v) is 11.6. The van der Waals surface area contributed by atoms with Gasteiger partial charge in [0.15, 0.2) is 0 Å². The Bertz CT molecular complexity index is 640. The largest absolute Gasteiger partial charge is 0.399 e. The molecule has 96 valence electrons. The Balaban J connectivity index is 2.22. The summed E-state index contributed by atoms with van der Waals surface area (Å²) in [5.41, 5.74) is 6.65. The molecule has 0 saturated heterocycles. The Morgan fingerprint density at radius 1 is 1.39 bits per heavy atom. The normalized spacial score (nSPS) is 11.6. The van der Waals surface area contributed by atoms with E-state index in [1.165, 1.54) is 6.07 Å². The molecule has 0 saturated carbocycles. The monoisotopic (exact) mass is 330 g/mol. The highest BCUT2D eigenvalue weighted by molar-refractivity contribution is 9.10. The number of H-pyrrole nitrogens is 1. The van der Waals surface area contributed by atoms with E-state index < -0.39 is 10.0 Å². The van der Waals surface area contributed by atoms with Gasteiger partial charge in [0.1, 0.15) is 0 Å². The number of nitrogens with zero attached hydrogens (tertiary/aromatic N) is 1. The molecule has 2 rings (SSSR count). The van der Waals surface area contributed by atoms with Gasteiger partial charge in [-0.25, -0.2) is 13.1 Å². The lowest BCUT2D eigenvalue weighted by Crippen LogP contribution is -2.24. The van der Waals surface area contributed by atoms with Crippen LogP contribution in [-0.4, -0.2) is 18.6 Å². The molecule has 0 aliphatic rings. The number of nitrogens with two attached hydrogens (primary N) is 1. The van der Waals surface area contributed by atoms with Crippen molar-refractivity contribution >= 4 is 31.6 Å². The highest BCUT2D eigenvalue weighted by Gasteiger charge is 2.17. The number of anilines is 1. The fourth-order valence-corrected chi connectivity index (χ4v) is 3.36. The fraction of sp³-hybridized carbons (Fsp3) is 0.100. The summed E-state index contributed by atoms with van der Waals surface area (Å²) >= 11 is 3.19. The highest BCUT2D eigenvalue weighted by atomic mass is 79.9. The number of aromatic amines is 1. The van der Waals surface area contributed by atoms with Crippen LogP contribution in [0.3, 0.4) is 0 Å². The van der Waals surface area contributed by atoms with Gasteiger partial charge < -0.3 is 5.73 Å². The molecule has 18 heavy (non-hydrogen) atoms. The first kappa shape index (κ1) is 13.1. The second-order valence-corrected chi connectivity index (χ2v) is 6.19. The fourth-order valence-electron chi connectivity index (χ4n) is 1.36. The van der Waals surface area contributed by atoms with Crippen LogP contribution in [0.2, 0.25) is 0 Å². The predicted octanol–water partition coefficient (Wildman–Crippen LogP) is 1.23. The first-order valence-corrected chi connectivity index (χ1v) is 7.29. The molecule has 0 radical (unpaired) electrons. The number of sulfonamides is 1. The molecule has 0 atom stereocenters. The van der Waals surface area contributed by atoms with Crippen LogP contribution in [0.4, 0.5) is 5.69 Å². The van der Waals surface area contributed by atoms with Gasteiger partial charge in [-0.1, -0.05) is 0 Å². The van der Waals surface area contributed by atoms with E-state index in [4.69, 9.17) is 5.73 Å². The third kappa shape index (κ3) is 2.89. The zero-order valence-electron chi connectivity index (χ0n) is 9.22.